The summed E-state index contributed by atoms with van der Waals surface area (Å²) in [4.78, 5) is 0.255. The van der Waals surface area contributed by atoms with E-state index in [2.05, 4.69) is 15.3 Å². The van der Waals surface area contributed by atoms with Crippen LogP contribution in [-0.2, 0) is 23.1 Å². The Balaban J connectivity index is 1.92. The van der Waals surface area contributed by atoms with Gasteiger partial charge in [-0.15, -0.1) is 10.2 Å². The second-order valence-corrected chi connectivity index (χ2v) is 8.40. The maximum atomic E-state index is 13.4. The molecule has 2 heterocycles. The van der Waals surface area contributed by atoms with E-state index in [1.807, 2.05) is 44.2 Å². The van der Waals surface area contributed by atoms with Crippen molar-refractivity contribution in [2.45, 2.75) is 52.1 Å². The summed E-state index contributed by atoms with van der Waals surface area (Å²) in [6, 6.07) is 9.39. The molecule has 0 aliphatic heterocycles. The standard InChI is InChI=1S/C19H25N5O3S/c1-5-12-23(28(25,26)18-14(3)22-24(6-2)15(18)4)13-17-20-21-19(27-17)16-10-8-7-9-11-16/h7-11H,5-6,12-13H2,1-4H3. The molecule has 9 heteroatoms. The topological polar surface area (TPSA) is 94.1 Å². The van der Waals surface area contributed by atoms with Gasteiger partial charge in [-0.05, 0) is 39.3 Å². The molecule has 0 N–H and O–H groups in total. The van der Waals surface area contributed by atoms with Gasteiger partial charge in [-0.2, -0.15) is 9.40 Å². The largest absolute Gasteiger partial charge is 0.419 e. The van der Waals surface area contributed by atoms with Gasteiger partial charge in [0, 0.05) is 18.7 Å². The Morgan fingerprint density at radius 3 is 2.43 bits per heavy atom. The molecule has 150 valence electrons. The van der Waals surface area contributed by atoms with Crippen molar-refractivity contribution in [3.05, 3.63) is 47.6 Å². The monoisotopic (exact) mass is 403 g/mol. The Labute approximate surface area is 165 Å². The van der Waals surface area contributed by atoms with Crippen LogP contribution in [0.5, 0.6) is 0 Å². The van der Waals surface area contributed by atoms with E-state index in [0.717, 1.165) is 5.56 Å². The van der Waals surface area contributed by atoms with Crippen LogP contribution in [0, 0.1) is 13.8 Å². The zero-order valence-electron chi connectivity index (χ0n) is 16.6. The van der Waals surface area contributed by atoms with Crippen molar-refractivity contribution in [2.75, 3.05) is 6.54 Å². The van der Waals surface area contributed by atoms with Crippen LogP contribution < -0.4 is 0 Å². The number of benzene rings is 1. The van der Waals surface area contributed by atoms with Gasteiger partial charge in [0.25, 0.3) is 0 Å². The van der Waals surface area contributed by atoms with Crippen molar-refractivity contribution >= 4 is 10.0 Å². The zero-order valence-corrected chi connectivity index (χ0v) is 17.4. The van der Waals surface area contributed by atoms with Crippen molar-refractivity contribution in [3.8, 4) is 11.5 Å². The van der Waals surface area contributed by atoms with Crippen LogP contribution in [0.3, 0.4) is 0 Å². The summed E-state index contributed by atoms with van der Waals surface area (Å²) in [7, 11) is -3.75. The SMILES string of the molecule is CCCN(Cc1nnc(-c2ccccc2)o1)S(=O)(=O)c1c(C)nn(CC)c1C. The van der Waals surface area contributed by atoms with Crippen LogP contribution >= 0.6 is 0 Å². The van der Waals surface area contributed by atoms with Gasteiger partial charge in [-0.1, -0.05) is 25.1 Å². The molecule has 28 heavy (non-hydrogen) atoms. The molecule has 0 saturated heterocycles. The van der Waals surface area contributed by atoms with Crippen LogP contribution in [0.25, 0.3) is 11.5 Å². The van der Waals surface area contributed by atoms with E-state index in [0.29, 0.717) is 36.8 Å². The van der Waals surface area contributed by atoms with E-state index >= 15 is 0 Å². The second kappa shape index (κ2) is 8.24. The lowest BCUT2D eigenvalue weighted by Gasteiger charge is -2.20. The Morgan fingerprint density at radius 2 is 1.82 bits per heavy atom. The molecule has 3 rings (SSSR count). The summed E-state index contributed by atoms with van der Waals surface area (Å²) in [5, 5.41) is 12.4. The first-order chi connectivity index (χ1) is 13.4. The van der Waals surface area contributed by atoms with Crippen molar-refractivity contribution in [1.82, 2.24) is 24.3 Å². The summed E-state index contributed by atoms with van der Waals surface area (Å²) in [5.74, 6) is 0.629. The van der Waals surface area contributed by atoms with Crippen molar-refractivity contribution < 1.29 is 12.8 Å². The Kier molecular flexibility index (Phi) is 5.95. The molecule has 0 aliphatic carbocycles. The number of aromatic nitrogens is 4. The molecular formula is C19H25N5O3S. The van der Waals surface area contributed by atoms with E-state index in [1.54, 1.807) is 18.5 Å². The highest BCUT2D eigenvalue weighted by molar-refractivity contribution is 7.89. The Bertz CT molecular complexity index is 1040. The maximum absolute atomic E-state index is 13.4. The van der Waals surface area contributed by atoms with E-state index in [4.69, 9.17) is 4.42 Å². The molecule has 1 aromatic carbocycles. The highest BCUT2D eigenvalue weighted by Crippen LogP contribution is 2.26. The molecule has 0 fully saturated rings. The van der Waals surface area contributed by atoms with Crippen LogP contribution in [-0.4, -0.2) is 39.2 Å². The van der Waals surface area contributed by atoms with E-state index < -0.39 is 10.0 Å². The smallest absolute Gasteiger partial charge is 0.247 e. The summed E-state index contributed by atoms with van der Waals surface area (Å²) < 4.78 is 35.5. The quantitative estimate of drug-likeness (QED) is 0.573. The molecule has 3 aromatic rings. The predicted molar refractivity (Wildman–Crippen MR) is 105 cm³/mol. The Morgan fingerprint density at radius 1 is 1.11 bits per heavy atom. The predicted octanol–water partition coefficient (Wildman–Crippen LogP) is 3.17. The molecule has 0 unspecified atom stereocenters. The number of nitrogens with zero attached hydrogens (tertiary/aromatic N) is 5. The molecule has 0 amide bonds. The minimum Gasteiger partial charge on any atom is -0.419 e. The van der Waals surface area contributed by atoms with Crippen LogP contribution in [0.2, 0.25) is 0 Å². The molecule has 0 radical (unpaired) electrons. The summed E-state index contributed by atoms with van der Waals surface area (Å²) >= 11 is 0. The van der Waals surface area contributed by atoms with Crippen LogP contribution in [0.15, 0.2) is 39.6 Å². The fraction of sp³-hybridized carbons (Fsp3) is 0.421. The first kappa shape index (κ1) is 20.2. The lowest BCUT2D eigenvalue weighted by molar-refractivity contribution is 0.357. The van der Waals surface area contributed by atoms with Crippen LogP contribution in [0.4, 0.5) is 0 Å². The second-order valence-electron chi connectivity index (χ2n) is 6.52. The minimum atomic E-state index is -3.75. The van der Waals surface area contributed by atoms with Gasteiger partial charge in [-0.25, -0.2) is 8.42 Å². The minimum absolute atomic E-state index is 0.0200. The normalized spacial score (nSPS) is 12.0. The number of hydrogen-bond acceptors (Lipinski definition) is 6. The van der Waals surface area contributed by atoms with E-state index in [-0.39, 0.29) is 17.3 Å². The number of rotatable bonds is 8. The maximum Gasteiger partial charge on any atom is 0.247 e. The highest BCUT2D eigenvalue weighted by atomic mass is 32.2. The van der Waals surface area contributed by atoms with Gasteiger partial charge in [-0.3, -0.25) is 4.68 Å². The summed E-state index contributed by atoms with van der Waals surface area (Å²) in [6.45, 7) is 8.34. The third-order valence-electron chi connectivity index (χ3n) is 4.48. The third-order valence-corrected chi connectivity index (χ3v) is 6.58. The van der Waals surface area contributed by atoms with Gasteiger partial charge in [0.05, 0.1) is 17.9 Å². The van der Waals surface area contributed by atoms with Gasteiger partial charge in [0.1, 0.15) is 4.90 Å². The lowest BCUT2D eigenvalue weighted by atomic mass is 10.2. The molecular weight excluding hydrogens is 378 g/mol. The molecule has 0 bridgehead atoms. The fourth-order valence-corrected chi connectivity index (χ4v) is 5.04. The fourth-order valence-electron chi connectivity index (χ4n) is 3.19. The first-order valence-corrected chi connectivity index (χ1v) is 10.7. The van der Waals surface area contributed by atoms with E-state index in [1.165, 1.54) is 4.31 Å². The molecule has 2 aromatic heterocycles. The van der Waals surface area contributed by atoms with Gasteiger partial charge < -0.3 is 4.42 Å². The van der Waals surface area contributed by atoms with Crippen molar-refractivity contribution in [2.24, 2.45) is 0 Å². The average Bonchev–Trinajstić information content (AvgIpc) is 3.26. The van der Waals surface area contributed by atoms with E-state index in [9.17, 15) is 8.42 Å². The lowest BCUT2D eigenvalue weighted by Crippen LogP contribution is -2.32. The van der Waals surface area contributed by atoms with Crippen LogP contribution in [0.1, 0.15) is 37.5 Å². The number of hydrogen-bond donors (Lipinski definition) is 0. The van der Waals surface area contributed by atoms with Gasteiger partial charge >= 0.3 is 0 Å². The first-order valence-electron chi connectivity index (χ1n) is 9.30. The van der Waals surface area contributed by atoms with Crippen molar-refractivity contribution in [3.63, 3.8) is 0 Å². The molecule has 0 atom stereocenters. The highest BCUT2D eigenvalue weighted by Gasteiger charge is 2.31. The molecule has 0 aliphatic rings. The molecule has 0 spiro atoms. The average molecular weight is 404 g/mol. The summed E-state index contributed by atoms with van der Waals surface area (Å²) in [5.41, 5.74) is 1.93. The zero-order chi connectivity index (χ0) is 20.3. The van der Waals surface area contributed by atoms with Crippen molar-refractivity contribution in [1.29, 1.82) is 0 Å². The molecule has 0 saturated carbocycles. The van der Waals surface area contributed by atoms with Gasteiger partial charge in [0.15, 0.2) is 0 Å². The molecule has 8 nitrogen and oxygen atoms in total. The number of aryl methyl sites for hydroxylation is 2. The van der Waals surface area contributed by atoms with Gasteiger partial charge in [0.2, 0.25) is 21.8 Å². The third kappa shape index (κ3) is 3.85. The Hall–Kier alpha value is -2.52. The number of sulfonamides is 1. The summed E-state index contributed by atoms with van der Waals surface area (Å²) in [6.07, 6.45) is 0.666.